The highest BCUT2D eigenvalue weighted by Gasteiger charge is 2.58. The summed E-state index contributed by atoms with van der Waals surface area (Å²) >= 11 is 0. The normalized spacial score (nSPS) is 13.3. The van der Waals surface area contributed by atoms with Gasteiger partial charge < -0.3 is 20.4 Å². The highest BCUT2D eigenvalue weighted by Crippen LogP contribution is 2.31. The molecule has 0 amide bonds. The number of aliphatic hydroxyl groups is 4. The van der Waals surface area contributed by atoms with Crippen molar-refractivity contribution < 1.29 is 78.5 Å². The van der Waals surface area contributed by atoms with Gasteiger partial charge >= 0.3 is 35.8 Å². The zero-order chi connectivity index (χ0) is 58.3. The lowest BCUT2D eigenvalue weighted by Crippen LogP contribution is -2.59. The van der Waals surface area contributed by atoms with E-state index in [-0.39, 0.29) is 19.3 Å². The van der Waals surface area contributed by atoms with Gasteiger partial charge in [-0.15, -0.1) is 0 Å². The quantitative estimate of drug-likeness (QED) is 0.0252. The van der Waals surface area contributed by atoms with Crippen LogP contribution in [0.15, 0.2) is 0 Å². The molecular weight excluding hydrogens is 1010 g/mol. The van der Waals surface area contributed by atoms with Crippen molar-refractivity contribution >= 4 is 35.8 Å². The average Bonchev–Trinajstić information content (AvgIpc) is 3.45. The van der Waals surface area contributed by atoms with Crippen LogP contribution in [0.3, 0.4) is 0 Å². The largest absolute Gasteiger partial charge is 0.394 e. The van der Waals surface area contributed by atoms with Crippen LogP contribution in [0.2, 0.25) is 0 Å². The van der Waals surface area contributed by atoms with E-state index < -0.39 is 72.6 Å². The molecule has 4 unspecified atom stereocenters. The van der Waals surface area contributed by atoms with E-state index in [1.165, 1.54) is 173 Å². The van der Waals surface area contributed by atoms with Crippen LogP contribution in [0.4, 0.5) is 0 Å². The lowest BCUT2D eigenvalue weighted by Gasteiger charge is -2.34. The van der Waals surface area contributed by atoms with E-state index in [9.17, 15) is 49.2 Å². The van der Waals surface area contributed by atoms with Crippen molar-refractivity contribution in [1.29, 1.82) is 0 Å². The van der Waals surface area contributed by atoms with Crippen LogP contribution in [0.25, 0.3) is 0 Å². The van der Waals surface area contributed by atoms with Crippen molar-refractivity contribution in [2.45, 2.75) is 353 Å². The lowest BCUT2D eigenvalue weighted by molar-refractivity contribution is -0.289. The van der Waals surface area contributed by atoms with Crippen LogP contribution in [0.1, 0.15) is 335 Å². The first-order valence-electron chi connectivity index (χ1n) is 32.3. The van der Waals surface area contributed by atoms with Crippen molar-refractivity contribution in [3.05, 3.63) is 0 Å². The van der Waals surface area contributed by atoms with Crippen LogP contribution < -0.4 is 0 Å². The van der Waals surface area contributed by atoms with E-state index in [0.717, 1.165) is 83.5 Å². The fraction of sp³-hybridized carbons (Fsp3) is 0.905. The van der Waals surface area contributed by atoms with Gasteiger partial charge in [-0.2, -0.15) is 0 Å². The number of hydrogen-bond donors (Lipinski definition) is 4. The van der Waals surface area contributed by atoms with Crippen molar-refractivity contribution in [2.24, 2.45) is 5.92 Å². The molecule has 4 atom stereocenters. The Hall–Kier alpha value is -3.34. The molecule has 0 bridgehead atoms. The van der Waals surface area contributed by atoms with Crippen molar-refractivity contribution in [2.75, 3.05) is 6.61 Å². The van der Waals surface area contributed by atoms with E-state index in [1.54, 1.807) is 0 Å². The first kappa shape index (κ1) is 75.7. The molecular formula is C63H116O16. The zero-order valence-electron chi connectivity index (χ0n) is 50.3. The van der Waals surface area contributed by atoms with E-state index >= 15 is 0 Å². The molecule has 0 heterocycles. The number of carbonyl (C=O) groups excluding carboxylic acids is 6. The molecule has 16 nitrogen and oxygen atoms in total. The van der Waals surface area contributed by atoms with Gasteiger partial charge in [-0.05, 0) is 19.3 Å². The van der Waals surface area contributed by atoms with Crippen molar-refractivity contribution in [3.8, 4) is 0 Å². The minimum atomic E-state index is -3.60. The van der Waals surface area contributed by atoms with Gasteiger partial charge in [0, 0.05) is 0 Å². The van der Waals surface area contributed by atoms with Gasteiger partial charge in [-0.3, -0.25) is 0 Å². The van der Waals surface area contributed by atoms with Crippen molar-refractivity contribution in [3.63, 3.8) is 0 Å². The average molecular weight is 1130 g/mol. The van der Waals surface area contributed by atoms with Gasteiger partial charge in [-0.25, -0.2) is 58.1 Å². The predicted octanol–water partition coefficient (Wildman–Crippen LogP) is 15.2. The summed E-state index contributed by atoms with van der Waals surface area (Å²) < 4.78 is 0. The molecule has 0 rings (SSSR count). The molecule has 0 aromatic carbocycles. The minimum Gasteiger partial charge on any atom is -0.394 e. The first-order valence-corrected chi connectivity index (χ1v) is 32.3. The predicted molar refractivity (Wildman–Crippen MR) is 307 cm³/mol. The number of hydrogen-bond acceptors (Lipinski definition) is 16. The highest BCUT2D eigenvalue weighted by molar-refractivity contribution is 5.92. The molecule has 0 aliphatic rings. The summed E-state index contributed by atoms with van der Waals surface area (Å²) in [5, 5.41) is 43.1. The standard InChI is InChI=1S/C63H116O16/c1-4-7-10-13-16-19-22-25-28-31-34-37-40-43-46-49-55(66)74-77-58(69)52-63(73,62(72)79-76-57(68)51-48-45-42-39-36-33-30-27-24-21-18-15-12-9-6-3)59(60(70)54(65)53-64)61(71)78-75-56(67)50-47-44-41-38-35-32-29-26-23-20-17-14-11-8-5-2/h54,59-60,64-65,70,73H,4-53H2,1-3H3. The van der Waals surface area contributed by atoms with Gasteiger partial charge in [0.2, 0.25) is 0 Å². The van der Waals surface area contributed by atoms with Gasteiger partial charge in [0.05, 0.1) is 38.4 Å². The summed E-state index contributed by atoms with van der Waals surface area (Å²) in [7, 11) is 0. The Morgan fingerprint density at radius 3 is 0.823 bits per heavy atom. The fourth-order valence-corrected chi connectivity index (χ4v) is 9.94. The Morgan fingerprint density at radius 1 is 0.329 bits per heavy atom. The Labute approximate surface area is 478 Å². The molecule has 16 heteroatoms. The van der Waals surface area contributed by atoms with Crippen LogP contribution >= 0.6 is 0 Å². The molecule has 0 saturated heterocycles. The molecule has 0 fully saturated rings. The summed E-state index contributed by atoms with van der Waals surface area (Å²) in [6, 6.07) is 0. The minimum absolute atomic E-state index is 0.117. The zero-order valence-corrected chi connectivity index (χ0v) is 50.3. The molecule has 4 N–H and O–H groups in total. The molecule has 79 heavy (non-hydrogen) atoms. The van der Waals surface area contributed by atoms with Gasteiger partial charge in [0.25, 0.3) is 0 Å². The number of carbonyl (C=O) groups is 6. The smallest absolute Gasteiger partial charge is 0.388 e. The number of aliphatic hydroxyl groups excluding tert-OH is 3. The summed E-state index contributed by atoms with van der Waals surface area (Å²) in [6.07, 6.45) is 43.4. The summed E-state index contributed by atoms with van der Waals surface area (Å²) in [6.45, 7) is 5.45. The maximum Gasteiger partial charge on any atom is 0.388 e. The fourth-order valence-electron chi connectivity index (χ4n) is 9.94. The Balaban J connectivity index is 5.33. The Kier molecular flexibility index (Phi) is 52.9. The van der Waals surface area contributed by atoms with Crippen molar-refractivity contribution in [1.82, 2.24) is 0 Å². The van der Waals surface area contributed by atoms with Crippen LogP contribution in [0.5, 0.6) is 0 Å². The topological polar surface area (TPSA) is 239 Å². The van der Waals surface area contributed by atoms with E-state index in [2.05, 4.69) is 50.1 Å². The molecule has 0 spiro atoms. The monoisotopic (exact) mass is 1130 g/mol. The van der Waals surface area contributed by atoms with E-state index in [0.29, 0.717) is 32.1 Å². The third kappa shape index (κ3) is 44.9. The molecule has 0 saturated carbocycles. The second kappa shape index (κ2) is 55.2. The lowest BCUT2D eigenvalue weighted by atomic mass is 9.79. The summed E-state index contributed by atoms with van der Waals surface area (Å²) in [5.74, 6) is -11.2. The summed E-state index contributed by atoms with van der Waals surface area (Å²) in [5.41, 5.74) is -3.60. The van der Waals surface area contributed by atoms with Gasteiger partial charge in [0.15, 0.2) is 5.60 Å². The van der Waals surface area contributed by atoms with E-state index in [4.69, 9.17) is 0 Å². The maximum absolute atomic E-state index is 13.7. The van der Waals surface area contributed by atoms with Gasteiger partial charge in [-0.1, -0.05) is 290 Å². The Morgan fingerprint density at radius 2 is 0.557 bits per heavy atom. The third-order valence-electron chi connectivity index (χ3n) is 15.1. The molecule has 0 radical (unpaired) electrons. The molecule has 0 aromatic rings. The van der Waals surface area contributed by atoms with Gasteiger partial charge in [0.1, 0.15) is 12.0 Å². The molecule has 464 valence electrons. The molecule has 0 aliphatic carbocycles. The molecule has 0 aromatic heterocycles. The number of rotatable bonds is 56. The maximum atomic E-state index is 13.7. The van der Waals surface area contributed by atoms with E-state index in [1.807, 2.05) is 0 Å². The highest BCUT2D eigenvalue weighted by atomic mass is 17.2. The third-order valence-corrected chi connectivity index (χ3v) is 15.1. The first-order chi connectivity index (χ1) is 38.4. The molecule has 0 aliphatic heterocycles. The second-order valence-corrected chi connectivity index (χ2v) is 22.5. The van der Waals surface area contributed by atoms with Crippen LogP contribution in [0, 0.1) is 5.92 Å². The van der Waals surface area contributed by atoms with Crippen LogP contribution in [-0.4, -0.2) is 80.7 Å². The number of unbranched alkanes of at least 4 members (excludes halogenated alkanes) is 42. The van der Waals surface area contributed by atoms with Crippen LogP contribution in [-0.2, 0) is 58.1 Å². The second-order valence-electron chi connectivity index (χ2n) is 22.5. The summed E-state index contributed by atoms with van der Waals surface area (Å²) in [4.78, 5) is 106. The SMILES string of the molecule is CCCCCCCCCCCCCCCCCC(=O)OOC(=O)CC(O)(C(=O)OOC(=O)CCCCCCCCCCCCCCCCC)C(C(=O)OOC(=O)CCCCCCCCCCCCCCCCC)C(O)C(O)CO. The Bertz CT molecular complexity index is 1480.